The number of ether oxygens (including phenoxy) is 1. The SMILES string of the molecule is CC(C)Cn1ncnc1COc1ccc(C(C)C)cc1. The summed E-state index contributed by atoms with van der Waals surface area (Å²) in [7, 11) is 0. The molecule has 1 aromatic heterocycles. The van der Waals surface area contributed by atoms with E-state index in [0.29, 0.717) is 18.4 Å². The normalized spacial score (nSPS) is 11.3. The topological polar surface area (TPSA) is 39.9 Å². The van der Waals surface area contributed by atoms with E-state index in [2.05, 4.69) is 49.9 Å². The van der Waals surface area contributed by atoms with Gasteiger partial charge in [0, 0.05) is 6.54 Å². The molecule has 0 fully saturated rings. The number of hydrogen-bond donors (Lipinski definition) is 0. The summed E-state index contributed by atoms with van der Waals surface area (Å²) in [5.74, 6) is 2.82. The Morgan fingerprint density at radius 2 is 1.80 bits per heavy atom. The highest BCUT2D eigenvalue weighted by Gasteiger charge is 2.07. The van der Waals surface area contributed by atoms with Gasteiger partial charge in [0.1, 0.15) is 18.7 Å². The van der Waals surface area contributed by atoms with E-state index in [1.807, 2.05) is 16.8 Å². The van der Waals surface area contributed by atoms with Crippen LogP contribution in [-0.4, -0.2) is 14.8 Å². The molecule has 0 unspecified atom stereocenters. The van der Waals surface area contributed by atoms with Gasteiger partial charge in [0.25, 0.3) is 0 Å². The highest BCUT2D eigenvalue weighted by Crippen LogP contribution is 2.19. The van der Waals surface area contributed by atoms with Gasteiger partial charge in [-0.2, -0.15) is 5.10 Å². The van der Waals surface area contributed by atoms with Crippen LogP contribution < -0.4 is 4.74 Å². The van der Waals surface area contributed by atoms with Gasteiger partial charge >= 0.3 is 0 Å². The molecule has 0 aliphatic rings. The van der Waals surface area contributed by atoms with Gasteiger partial charge < -0.3 is 4.74 Å². The van der Waals surface area contributed by atoms with Gasteiger partial charge in [-0.15, -0.1) is 0 Å². The van der Waals surface area contributed by atoms with Crippen molar-refractivity contribution in [2.24, 2.45) is 5.92 Å². The van der Waals surface area contributed by atoms with Crippen LogP contribution in [-0.2, 0) is 13.2 Å². The van der Waals surface area contributed by atoms with E-state index in [1.165, 1.54) is 5.56 Å². The minimum Gasteiger partial charge on any atom is -0.486 e. The van der Waals surface area contributed by atoms with Crippen molar-refractivity contribution in [2.75, 3.05) is 0 Å². The molecule has 0 saturated carbocycles. The maximum atomic E-state index is 5.78. The number of rotatable bonds is 6. The van der Waals surface area contributed by atoms with E-state index in [-0.39, 0.29) is 0 Å². The Morgan fingerprint density at radius 1 is 1.10 bits per heavy atom. The maximum Gasteiger partial charge on any atom is 0.164 e. The van der Waals surface area contributed by atoms with E-state index < -0.39 is 0 Å². The number of aromatic nitrogens is 3. The average Bonchev–Trinajstić information content (AvgIpc) is 2.83. The first-order valence-electron chi connectivity index (χ1n) is 7.15. The van der Waals surface area contributed by atoms with Crippen molar-refractivity contribution in [2.45, 2.75) is 46.8 Å². The van der Waals surface area contributed by atoms with Crippen molar-refractivity contribution >= 4 is 0 Å². The van der Waals surface area contributed by atoms with Crippen LogP contribution in [0, 0.1) is 5.92 Å². The highest BCUT2D eigenvalue weighted by atomic mass is 16.5. The first kappa shape index (κ1) is 14.6. The Balaban J connectivity index is 1.96. The van der Waals surface area contributed by atoms with Gasteiger partial charge in [-0.3, -0.25) is 0 Å². The molecule has 108 valence electrons. The van der Waals surface area contributed by atoms with E-state index in [4.69, 9.17) is 4.74 Å². The zero-order chi connectivity index (χ0) is 14.5. The van der Waals surface area contributed by atoms with Crippen LogP contribution in [0.15, 0.2) is 30.6 Å². The number of hydrogen-bond acceptors (Lipinski definition) is 3. The summed E-state index contributed by atoms with van der Waals surface area (Å²) in [6.45, 7) is 10.0. The van der Waals surface area contributed by atoms with Crippen LogP contribution in [0.1, 0.15) is 45.0 Å². The molecule has 2 aromatic rings. The van der Waals surface area contributed by atoms with Crippen LogP contribution in [0.5, 0.6) is 5.75 Å². The van der Waals surface area contributed by atoms with Crippen molar-refractivity contribution in [1.29, 1.82) is 0 Å². The molecule has 20 heavy (non-hydrogen) atoms. The second-order valence-electron chi connectivity index (χ2n) is 5.76. The standard InChI is InChI=1S/C16H23N3O/c1-12(2)9-19-16(17-11-18-19)10-20-15-7-5-14(6-8-15)13(3)4/h5-8,11-13H,9-10H2,1-4H3. The van der Waals surface area contributed by atoms with Crippen LogP contribution in [0.4, 0.5) is 0 Å². The molecule has 0 aliphatic carbocycles. The molecule has 0 N–H and O–H groups in total. The highest BCUT2D eigenvalue weighted by molar-refractivity contribution is 5.28. The minimum atomic E-state index is 0.452. The first-order valence-corrected chi connectivity index (χ1v) is 7.15. The predicted octanol–water partition coefficient (Wildman–Crippen LogP) is 3.64. The second kappa shape index (κ2) is 6.55. The summed E-state index contributed by atoms with van der Waals surface area (Å²) in [5, 5.41) is 4.23. The summed E-state index contributed by atoms with van der Waals surface area (Å²) < 4.78 is 7.69. The molecule has 0 amide bonds. The molecule has 0 atom stereocenters. The number of benzene rings is 1. The lowest BCUT2D eigenvalue weighted by Crippen LogP contribution is -2.12. The fourth-order valence-electron chi connectivity index (χ4n) is 2.00. The monoisotopic (exact) mass is 273 g/mol. The molecule has 4 heteroatoms. The van der Waals surface area contributed by atoms with E-state index in [9.17, 15) is 0 Å². The van der Waals surface area contributed by atoms with Crippen LogP contribution in [0.2, 0.25) is 0 Å². The van der Waals surface area contributed by atoms with Crippen LogP contribution in [0.3, 0.4) is 0 Å². The van der Waals surface area contributed by atoms with Gasteiger partial charge in [-0.1, -0.05) is 39.8 Å². The lowest BCUT2D eigenvalue weighted by Gasteiger charge is -2.10. The third-order valence-electron chi connectivity index (χ3n) is 3.15. The predicted molar refractivity (Wildman–Crippen MR) is 79.7 cm³/mol. The molecule has 0 saturated heterocycles. The van der Waals surface area contributed by atoms with Gasteiger partial charge in [-0.25, -0.2) is 9.67 Å². The summed E-state index contributed by atoms with van der Waals surface area (Å²) in [4.78, 5) is 4.26. The molecule has 0 radical (unpaired) electrons. The molecule has 2 rings (SSSR count). The van der Waals surface area contributed by atoms with E-state index >= 15 is 0 Å². The molecule has 0 aliphatic heterocycles. The van der Waals surface area contributed by atoms with Crippen molar-refractivity contribution < 1.29 is 4.74 Å². The van der Waals surface area contributed by atoms with Gasteiger partial charge in [-0.05, 0) is 29.5 Å². The largest absolute Gasteiger partial charge is 0.486 e. The molecule has 4 nitrogen and oxygen atoms in total. The Bertz CT molecular complexity index is 529. The summed E-state index contributed by atoms with van der Waals surface area (Å²) in [5.41, 5.74) is 1.32. The Kier molecular flexibility index (Phi) is 4.77. The molecule has 0 spiro atoms. The first-order chi connectivity index (χ1) is 9.56. The zero-order valence-corrected chi connectivity index (χ0v) is 12.7. The minimum absolute atomic E-state index is 0.452. The molecular weight excluding hydrogens is 250 g/mol. The van der Waals surface area contributed by atoms with E-state index in [1.54, 1.807) is 6.33 Å². The van der Waals surface area contributed by atoms with Crippen molar-refractivity contribution in [3.63, 3.8) is 0 Å². The van der Waals surface area contributed by atoms with Crippen molar-refractivity contribution in [1.82, 2.24) is 14.8 Å². The summed E-state index contributed by atoms with van der Waals surface area (Å²) in [6.07, 6.45) is 1.59. The van der Waals surface area contributed by atoms with Gasteiger partial charge in [0.05, 0.1) is 0 Å². The fraction of sp³-hybridized carbons (Fsp3) is 0.500. The lowest BCUT2D eigenvalue weighted by molar-refractivity contribution is 0.282. The molecule has 1 aromatic carbocycles. The third kappa shape index (κ3) is 3.83. The Labute approximate surface area is 120 Å². The van der Waals surface area contributed by atoms with Crippen molar-refractivity contribution in [3.8, 4) is 5.75 Å². The molecular formula is C16H23N3O. The fourth-order valence-corrected chi connectivity index (χ4v) is 2.00. The number of nitrogens with zero attached hydrogens (tertiary/aromatic N) is 3. The average molecular weight is 273 g/mol. The van der Waals surface area contributed by atoms with E-state index in [0.717, 1.165) is 18.1 Å². The van der Waals surface area contributed by atoms with Crippen molar-refractivity contribution in [3.05, 3.63) is 42.0 Å². The quantitative estimate of drug-likeness (QED) is 0.806. The zero-order valence-electron chi connectivity index (χ0n) is 12.7. The lowest BCUT2D eigenvalue weighted by atomic mass is 10.0. The van der Waals surface area contributed by atoms with Crippen LogP contribution >= 0.6 is 0 Å². The van der Waals surface area contributed by atoms with Gasteiger partial charge in [0.2, 0.25) is 0 Å². The Morgan fingerprint density at radius 3 is 2.40 bits per heavy atom. The molecule has 0 bridgehead atoms. The molecule has 1 heterocycles. The smallest absolute Gasteiger partial charge is 0.164 e. The summed E-state index contributed by atoms with van der Waals surface area (Å²) >= 11 is 0. The Hall–Kier alpha value is -1.84. The second-order valence-corrected chi connectivity index (χ2v) is 5.76. The maximum absolute atomic E-state index is 5.78. The summed E-state index contributed by atoms with van der Waals surface area (Å²) in [6, 6.07) is 8.24. The third-order valence-corrected chi connectivity index (χ3v) is 3.15. The van der Waals surface area contributed by atoms with Gasteiger partial charge in [0.15, 0.2) is 5.82 Å². The van der Waals surface area contributed by atoms with Crippen LogP contribution in [0.25, 0.3) is 0 Å².